The summed E-state index contributed by atoms with van der Waals surface area (Å²) in [6.45, 7) is 6.43. The van der Waals surface area contributed by atoms with E-state index in [1.54, 1.807) is 0 Å². The van der Waals surface area contributed by atoms with Gasteiger partial charge in [-0.2, -0.15) is 0 Å². The lowest BCUT2D eigenvalue weighted by Gasteiger charge is -2.38. The van der Waals surface area contributed by atoms with Gasteiger partial charge in [-0.05, 0) is 32.7 Å². The van der Waals surface area contributed by atoms with E-state index < -0.39 is 0 Å². The van der Waals surface area contributed by atoms with Gasteiger partial charge in [0, 0.05) is 19.6 Å². The molecule has 1 N–H and O–H groups in total. The van der Waals surface area contributed by atoms with Crippen molar-refractivity contribution in [3.8, 4) is 0 Å². The third-order valence-corrected chi connectivity index (χ3v) is 4.03. The Bertz CT molecular complexity index is 254. The van der Waals surface area contributed by atoms with Crippen molar-refractivity contribution in [3.05, 3.63) is 0 Å². The van der Waals surface area contributed by atoms with Crippen molar-refractivity contribution in [1.29, 1.82) is 0 Å². The zero-order valence-corrected chi connectivity index (χ0v) is 10.8. The second-order valence-corrected chi connectivity index (χ2v) is 5.05. The molecule has 1 heterocycles. The number of hydrogen-bond donors (Lipinski definition) is 1. The van der Waals surface area contributed by atoms with Crippen molar-refractivity contribution in [2.75, 3.05) is 32.8 Å². The van der Waals surface area contributed by atoms with E-state index >= 15 is 0 Å². The average Bonchev–Trinajstić information content (AvgIpc) is 2.67. The Kier molecular flexibility index (Phi) is 4.40. The standard InChI is InChI=1S/C13H24N2O2/c1-2-17-12(16)13(6-3-4-7-13)15-10-5-8-14-9-11-15/h14H,2-11H2,1H3. The molecular formula is C13H24N2O2. The number of nitrogens with one attached hydrogen (secondary N) is 1. The Morgan fingerprint density at radius 1 is 1.24 bits per heavy atom. The lowest BCUT2D eigenvalue weighted by Crippen LogP contribution is -2.54. The summed E-state index contributed by atoms with van der Waals surface area (Å²) >= 11 is 0. The fourth-order valence-electron chi connectivity index (χ4n) is 3.15. The lowest BCUT2D eigenvalue weighted by atomic mass is 9.94. The van der Waals surface area contributed by atoms with Crippen LogP contribution < -0.4 is 5.32 Å². The van der Waals surface area contributed by atoms with E-state index in [0.29, 0.717) is 6.61 Å². The van der Waals surface area contributed by atoms with Gasteiger partial charge in [0.2, 0.25) is 0 Å². The van der Waals surface area contributed by atoms with Gasteiger partial charge in [-0.25, -0.2) is 0 Å². The highest BCUT2D eigenvalue weighted by Gasteiger charge is 2.47. The Morgan fingerprint density at radius 2 is 2.00 bits per heavy atom. The van der Waals surface area contributed by atoms with Gasteiger partial charge in [0.15, 0.2) is 0 Å². The first kappa shape index (κ1) is 12.8. The largest absolute Gasteiger partial charge is 0.465 e. The molecule has 4 heteroatoms. The van der Waals surface area contributed by atoms with Crippen LogP contribution in [0.3, 0.4) is 0 Å². The summed E-state index contributed by atoms with van der Waals surface area (Å²) in [4.78, 5) is 14.7. The van der Waals surface area contributed by atoms with Crippen molar-refractivity contribution >= 4 is 5.97 Å². The van der Waals surface area contributed by atoms with E-state index in [0.717, 1.165) is 58.3 Å². The van der Waals surface area contributed by atoms with E-state index in [4.69, 9.17) is 4.74 Å². The van der Waals surface area contributed by atoms with Gasteiger partial charge in [-0.1, -0.05) is 12.8 Å². The molecule has 0 aromatic carbocycles. The summed E-state index contributed by atoms with van der Waals surface area (Å²) in [5, 5.41) is 3.40. The summed E-state index contributed by atoms with van der Waals surface area (Å²) in [6, 6.07) is 0. The monoisotopic (exact) mass is 240 g/mol. The SMILES string of the molecule is CCOC(=O)C1(N2CCCNCC2)CCCC1. The Morgan fingerprint density at radius 3 is 2.71 bits per heavy atom. The molecule has 0 aromatic rings. The van der Waals surface area contributed by atoms with Crippen molar-refractivity contribution in [3.63, 3.8) is 0 Å². The highest BCUT2D eigenvalue weighted by Crippen LogP contribution is 2.36. The van der Waals surface area contributed by atoms with Crippen LogP contribution in [-0.2, 0) is 9.53 Å². The fraction of sp³-hybridized carbons (Fsp3) is 0.923. The van der Waals surface area contributed by atoms with Gasteiger partial charge in [0.25, 0.3) is 0 Å². The molecule has 17 heavy (non-hydrogen) atoms. The first-order chi connectivity index (χ1) is 8.29. The van der Waals surface area contributed by atoms with Crippen molar-refractivity contribution in [1.82, 2.24) is 10.2 Å². The number of rotatable bonds is 3. The van der Waals surface area contributed by atoms with Crippen LogP contribution in [0, 0.1) is 0 Å². The number of ether oxygens (including phenoxy) is 1. The molecule has 0 unspecified atom stereocenters. The van der Waals surface area contributed by atoms with Crippen molar-refractivity contribution < 1.29 is 9.53 Å². The van der Waals surface area contributed by atoms with E-state index in [1.807, 2.05) is 6.92 Å². The number of hydrogen-bond acceptors (Lipinski definition) is 4. The summed E-state index contributed by atoms with van der Waals surface area (Å²) in [5.41, 5.74) is -0.304. The van der Waals surface area contributed by atoms with Crippen LogP contribution in [0.4, 0.5) is 0 Å². The predicted octanol–water partition coefficient (Wildman–Crippen LogP) is 1.16. The molecule has 2 rings (SSSR count). The average molecular weight is 240 g/mol. The molecule has 4 nitrogen and oxygen atoms in total. The maximum Gasteiger partial charge on any atom is 0.326 e. The first-order valence-electron chi connectivity index (χ1n) is 6.92. The molecule has 1 saturated heterocycles. The summed E-state index contributed by atoms with van der Waals surface area (Å²) in [6.07, 6.45) is 5.39. The van der Waals surface area contributed by atoms with Crippen LogP contribution in [0.15, 0.2) is 0 Å². The molecule has 0 spiro atoms. The zero-order chi connectivity index (χ0) is 12.1. The zero-order valence-electron chi connectivity index (χ0n) is 10.8. The topological polar surface area (TPSA) is 41.6 Å². The molecule has 0 bridgehead atoms. The predicted molar refractivity (Wildman–Crippen MR) is 66.9 cm³/mol. The maximum absolute atomic E-state index is 12.3. The van der Waals surface area contributed by atoms with Crippen LogP contribution in [0.5, 0.6) is 0 Å². The molecule has 0 radical (unpaired) electrons. The van der Waals surface area contributed by atoms with Crippen LogP contribution >= 0.6 is 0 Å². The summed E-state index contributed by atoms with van der Waals surface area (Å²) in [5.74, 6) is 0.0133. The number of carbonyl (C=O) groups is 1. The number of nitrogens with zero attached hydrogens (tertiary/aromatic N) is 1. The van der Waals surface area contributed by atoms with Gasteiger partial charge < -0.3 is 10.1 Å². The molecule has 1 aliphatic heterocycles. The molecule has 1 saturated carbocycles. The molecular weight excluding hydrogens is 216 g/mol. The summed E-state index contributed by atoms with van der Waals surface area (Å²) in [7, 11) is 0. The molecule has 2 fully saturated rings. The molecule has 0 aromatic heterocycles. The van der Waals surface area contributed by atoms with Gasteiger partial charge in [0.1, 0.15) is 5.54 Å². The van der Waals surface area contributed by atoms with Gasteiger partial charge in [-0.3, -0.25) is 9.69 Å². The minimum Gasteiger partial charge on any atom is -0.465 e. The normalized spacial score (nSPS) is 25.5. The van der Waals surface area contributed by atoms with Crippen LogP contribution in [-0.4, -0.2) is 49.2 Å². The van der Waals surface area contributed by atoms with Crippen molar-refractivity contribution in [2.24, 2.45) is 0 Å². The quantitative estimate of drug-likeness (QED) is 0.752. The molecule has 98 valence electrons. The molecule has 1 aliphatic carbocycles. The van der Waals surface area contributed by atoms with Gasteiger partial charge in [0.05, 0.1) is 6.61 Å². The second kappa shape index (κ2) is 5.83. The smallest absolute Gasteiger partial charge is 0.326 e. The Balaban J connectivity index is 2.11. The third kappa shape index (κ3) is 2.63. The van der Waals surface area contributed by atoms with Crippen LogP contribution in [0.25, 0.3) is 0 Å². The third-order valence-electron chi connectivity index (χ3n) is 4.03. The minimum absolute atomic E-state index is 0.0133. The van der Waals surface area contributed by atoms with E-state index in [9.17, 15) is 4.79 Å². The van der Waals surface area contributed by atoms with Crippen LogP contribution in [0.2, 0.25) is 0 Å². The second-order valence-electron chi connectivity index (χ2n) is 5.05. The first-order valence-corrected chi connectivity index (χ1v) is 6.92. The minimum atomic E-state index is -0.304. The van der Waals surface area contributed by atoms with Crippen molar-refractivity contribution in [2.45, 2.75) is 44.6 Å². The van der Waals surface area contributed by atoms with E-state index in [-0.39, 0.29) is 11.5 Å². The molecule has 2 aliphatic rings. The highest BCUT2D eigenvalue weighted by molar-refractivity contribution is 5.81. The summed E-state index contributed by atoms with van der Waals surface area (Å²) < 4.78 is 5.32. The Labute approximate surface area is 104 Å². The maximum atomic E-state index is 12.3. The fourth-order valence-corrected chi connectivity index (χ4v) is 3.15. The van der Waals surface area contributed by atoms with E-state index in [1.165, 1.54) is 0 Å². The Hall–Kier alpha value is -0.610. The van der Waals surface area contributed by atoms with Crippen LogP contribution in [0.1, 0.15) is 39.0 Å². The highest BCUT2D eigenvalue weighted by atomic mass is 16.5. The number of esters is 1. The van der Waals surface area contributed by atoms with E-state index in [2.05, 4.69) is 10.2 Å². The number of carbonyl (C=O) groups excluding carboxylic acids is 1. The molecule has 0 amide bonds. The van der Waals surface area contributed by atoms with Gasteiger partial charge in [-0.15, -0.1) is 0 Å². The lowest BCUT2D eigenvalue weighted by molar-refractivity contribution is -0.157. The molecule has 0 atom stereocenters. The van der Waals surface area contributed by atoms with Gasteiger partial charge >= 0.3 is 5.97 Å².